The van der Waals surface area contributed by atoms with Crippen molar-refractivity contribution >= 4 is 49.0 Å². The van der Waals surface area contributed by atoms with Crippen LogP contribution < -0.4 is 5.32 Å². The van der Waals surface area contributed by atoms with Gasteiger partial charge in [0.2, 0.25) is 0 Å². The van der Waals surface area contributed by atoms with Crippen LogP contribution in [-0.4, -0.2) is 16.5 Å². The number of hydrogen-bond acceptors (Lipinski definition) is 4. The van der Waals surface area contributed by atoms with E-state index in [0.29, 0.717) is 0 Å². The van der Waals surface area contributed by atoms with E-state index in [4.69, 9.17) is 0 Å². The second-order valence-corrected chi connectivity index (χ2v) is 6.69. The Morgan fingerprint density at radius 1 is 1.29 bits per heavy atom. The van der Waals surface area contributed by atoms with Gasteiger partial charge in [0.15, 0.2) is 5.82 Å². The first kappa shape index (κ1) is 13.0. The summed E-state index contributed by atoms with van der Waals surface area (Å²) in [6.07, 6.45) is 0. The maximum absolute atomic E-state index is 4.53. The van der Waals surface area contributed by atoms with Gasteiger partial charge in [-0.05, 0) is 57.8 Å². The fourth-order valence-electron chi connectivity index (χ4n) is 1.39. The molecule has 2 aromatic heterocycles. The molecule has 0 atom stereocenters. The third-order valence-corrected chi connectivity index (χ3v) is 4.72. The van der Waals surface area contributed by atoms with Gasteiger partial charge >= 0.3 is 0 Å². The first-order chi connectivity index (χ1) is 8.11. The Labute approximate surface area is 121 Å². The lowest BCUT2D eigenvalue weighted by Crippen LogP contribution is -2.04. The molecule has 0 radical (unpaired) electrons. The van der Waals surface area contributed by atoms with E-state index in [1.54, 1.807) is 11.3 Å². The van der Waals surface area contributed by atoms with Gasteiger partial charge in [-0.1, -0.05) is 0 Å². The Morgan fingerprint density at radius 2 is 2.06 bits per heavy atom. The SMILES string of the molecule is CCNc1nc(-c2ccc(Br)s2)nc(C)c1Br. The molecule has 2 rings (SSSR count). The average molecular weight is 377 g/mol. The highest BCUT2D eigenvalue weighted by molar-refractivity contribution is 9.11. The van der Waals surface area contributed by atoms with Crippen molar-refractivity contribution in [3.63, 3.8) is 0 Å². The Hall–Kier alpha value is -0.460. The lowest BCUT2D eigenvalue weighted by molar-refractivity contribution is 1.07. The monoisotopic (exact) mass is 375 g/mol. The van der Waals surface area contributed by atoms with Crippen molar-refractivity contribution in [2.45, 2.75) is 13.8 Å². The maximum atomic E-state index is 4.53. The van der Waals surface area contributed by atoms with Gasteiger partial charge in [0.25, 0.3) is 0 Å². The molecule has 0 spiro atoms. The molecular formula is C11H11Br2N3S. The minimum absolute atomic E-state index is 0.761. The molecule has 0 amide bonds. The number of rotatable bonds is 3. The van der Waals surface area contributed by atoms with E-state index in [0.717, 1.165) is 37.0 Å². The molecule has 0 aromatic carbocycles. The molecule has 0 fully saturated rings. The Kier molecular flexibility index (Phi) is 4.17. The first-order valence-corrected chi connectivity index (χ1v) is 7.55. The fourth-order valence-corrected chi connectivity index (χ4v) is 3.03. The molecule has 17 heavy (non-hydrogen) atoms. The molecule has 2 aromatic rings. The number of thiophene rings is 1. The van der Waals surface area contributed by atoms with Crippen molar-refractivity contribution in [3.8, 4) is 10.7 Å². The van der Waals surface area contributed by atoms with Crippen molar-refractivity contribution in [3.05, 3.63) is 26.1 Å². The number of nitrogens with zero attached hydrogens (tertiary/aromatic N) is 2. The van der Waals surface area contributed by atoms with Crippen molar-refractivity contribution in [1.82, 2.24) is 9.97 Å². The summed E-state index contributed by atoms with van der Waals surface area (Å²) in [5, 5.41) is 3.23. The highest BCUT2D eigenvalue weighted by Gasteiger charge is 2.11. The predicted octanol–water partition coefficient (Wildman–Crippen LogP) is 4.47. The molecule has 0 aliphatic carbocycles. The number of aromatic nitrogens is 2. The Balaban J connectivity index is 2.48. The number of nitrogens with one attached hydrogen (secondary N) is 1. The molecule has 6 heteroatoms. The molecule has 1 N–H and O–H groups in total. The Morgan fingerprint density at radius 3 is 2.65 bits per heavy atom. The third kappa shape index (κ3) is 2.86. The zero-order valence-electron chi connectivity index (χ0n) is 9.42. The van der Waals surface area contributed by atoms with E-state index in [9.17, 15) is 0 Å². The Bertz CT molecular complexity index is 540. The zero-order valence-corrected chi connectivity index (χ0v) is 13.4. The maximum Gasteiger partial charge on any atom is 0.171 e. The van der Waals surface area contributed by atoms with Gasteiger partial charge in [-0.15, -0.1) is 11.3 Å². The molecule has 0 saturated heterocycles. The van der Waals surface area contributed by atoms with E-state index in [2.05, 4.69) is 47.1 Å². The van der Waals surface area contributed by atoms with Crippen molar-refractivity contribution in [2.24, 2.45) is 0 Å². The van der Waals surface area contributed by atoms with E-state index < -0.39 is 0 Å². The molecule has 90 valence electrons. The van der Waals surface area contributed by atoms with Crippen molar-refractivity contribution in [2.75, 3.05) is 11.9 Å². The summed E-state index contributed by atoms with van der Waals surface area (Å²) in [5.74, 6) is 1.61. The molecule has 0 unspecified atom stereocenters. The molecule has 0 aliphatic rings. The predicted molar refractivity (Wildman–Crippen MR) is 79.6 cm³/mol. The highest BCUT2D eigenvalue weighted by Crippen LogP contribution is 2.32. The largest absolute Gasteiger partial charge is 0.369 e. The molecule has 2 heterocycles. The van der Waals surface area contributed by atoms with Gasteiger partial charge in [0.1, 0.15) is 5.82 Å². The fraction of sp³-hybridized carbons (Fsp3) is 0.273. The summed E-state index contributed by atoms with van der Waals surface area (Å²) >= 11 is 8.58. The van der Waals surface area contributed by atoms with Crippen LogP contribution in [-0.2, 0) is 0 Å². The van der Waals surface area contributed by atoms with Crippen LogP contribution in [0.25, 0.3) is 10.7 Å². The van der Waals surface area contributed by atoms with Gasteiger partial charge in [0.05, 0.1) is 18.8 Å². The molecule has 0 aliphatic heterocycles. The van der Waals surface area contributed by atoms with Crippen LogP contribution >= 0.6 is 43.2 Å². The standard InChI is InChI=1S/C11H11Br2N3S/c1-3-14-11-9(13)6(2)15-10(16-11)7-4-5-8(12)17-7/h4-5H,3H2,1-2H3,(H,14,15,16). The third-order valence-electron chi connectivity index (χ3n) is 2.15. The van der Waals surface area contributed by atoms with Crippen LogP contribution in [0.5, 0.6) is 0 Å². The minimum atomic E-state index is 0.761. The molecular weight excluding hydrogens is 366 g/mol. The topological polar surface area (TPSA) is 37.8 Å². The average Bonchev–Trinajstić information content (AvgIpc) is 2.71. The zero-order chi connectivity index (χ0) is 12.4. The summed E-state index contributed by atoms with van der Waals surface area (Å²) in [6.45, 7) is 4.85. The number of anilines is 1. The number of halogens is 2. The van der Waals surface area contributed by atoms with Crippen LogP contribution in [0, 0.1) is 6.92 Å². The van der Waals surface area contributed by atoms with Gasteiger partial charge in [-0.25, -0.2) is 9.97 Å². The quantitative estimate of drug-likeness (QED) is 0.858. The van der Waals surface area contributed by atoms with Gasteiger partial charge < -0.3 is 5.32 Å². The lowest BCUT2D eigenvalue weighted by atomic mass is 10.3. The van der Waals surface area contributed by atoms with Gasteiger partial charge in [-0.2, -0.15) is 0 Å². The first-order valence-electron chi connectivity index (χ1n) is 5.15. The summed E-state index contributed by atoms with van der Waals surface area (Å²) in [7, 11) is 0. The van der Waals surface area contributed by atoms with Crippen LogP contribution in [0.15, 0.2) is 20.4 Å². The van der Waals surface area contributed by atoms with Gasteiger partial charge in [0, 0.05) is 6.54 Å². The van der Waals surface area contributed by atoms with Gasteiger partial charge in [-0.3, -0.25) is 0 Å². The minimum Gasteiger partial charge on any atom is -0.369 e. The number of hydrogen-bond donors (Lipinski definition) is 1. The summed E-state index contributed by atoms with van der Waals surface area (Å²) in [5.41, 5.74) is 0.940. The van der Waals surface area contributed by atoms with E-state index in [1.165, 1.54) is 0 Å². The second kappa shape index (κ2) is 5.46. The molecule has 0 bridgehead atoms. The number of aryl methyl sites for hydroxylation is 1. The summed E-state index contributed by atoms with van der Waals surface area (Å²) < 4.78 is 2.01. The van der Waals surface area contributed by atoms with Crippen LogP contribution in [0.1, 0.15) is 12.6 Å². The van der Waals surface area contributed by atoms with Crippen LogP contribution in [0.3, 0.4) is 0 Å². The van der Waals surface area contributed by atoms with Crippen molar-refractivity contribution < 1.29 is 0 Å². The second-order valence-electron chi connectivity index (χ2n) is 3.43. The smallest absolute Gasteiger partial charge is 0.171 e. The lowest BCUT2D eigenvalue weighted by Gasteiger charge is -2.08. The molecule has 3 nitrogen and oxygen atoms in total. The normalized spacial score (nSPS) is 10.6. The van der Waals surface area contributed by atoms with Crippen LogP contribution in [0.2, 0.25) is 0 Å². The highest BCUT2D eigenvalue weighted by atomic mass is 79.9. The van der Waals surface area contributed by atoms with E-state index in [-0.39, 0.29) is 0 Å². The van der Waals surface area contributed by atoms with E-state index >= 15 is 0 Å². The molecule has 0 saturated carbocycles. The van der Waals surface area contributed by atoms with Crippen molar-refractivity contribution in [1.29, 1.82) is 0 Å². The van der Waals surface area contributed by atoms with Crippen LogP contribution in [0.4, 0.5) is 5.82 Å². The van der Waals surface area contributed by atoms with E-state index in [1.807, 2.05) is 26.0 Å². The summed E-state index contributed by atoms with van der Waals surface area (Å²) in [6, 6.07) is 4.03. The summed E-state index contributed by atoms with van der Waals surface area (Å²) in [4.78, 5) is 10.1.